The maximum absolute atomic E-state index is 13.4. The number of halogens is 2. The summed E-state index contributed by atoms with van der Waals surface area (Å²) in [6.45, 7) is 1.12. The van der Waals surface area contributed by atoms with Gasteiger partial charge in [-0.25, -0.2) is 4.39 Å². The average Bonchev–Trinajstić information content (AvgIpc) is 2.91. The molecule has 0 aliphatic carbocycles. The van der Waals surface area contributed by atoms with Crippen molar-refractivity contribution in [3.8, 4) is 0 Å². The van der Waals surface area contributed by atoms with E-state index in [-0.39, 0.29) is 11.7 Å². The van der Waals surface area contributed by atoms with E-state index in [4.69, 9.17) is 11.6 Å². The van der Waals surface area contributed by atoms with Gasteiger partial charge in [0.2, 0.25) is 0 Å². The number of carbonyl (C=O) groups excluding carboxylic acids is 1. The van der Waals surface area contributed by atoms with Crippen molar-refractivity contribution in [1.82, 2.24) is 9.88 Å². The molecule has 1 amide bonds. The third kappa shape index (κ3) is 2.39. The second kappa shape index (κ2) is 5.39. The first-order valence-electron chi connectivity index (χ1n) is 7.46. The zero-order valence-electron chi connectivity index (χ0n) is 12.3. The molecule has 1 aromatic heterocycles. The Morgan fingerprint density at radius 1 is 1.22 bits per heavy atom. The molecule has 4 rings (SSSR count). The van der Waals surface area contributed by atoms with Crippen LogP contribution in [0.3, 0.4) is 0 Å². The van der Waals surface area contributed by atoms with Gasteiger partial charge in [-0.1, -0.05) is 23.7 Å². The Kier molecular flexibility index (Phi) is 3.34. The SMILES string of the molecule is O=C(c1ccccc1Cl)N1CCc2[nH]c3cc(F)ccc3c2C1. The van der Waals surface area contributed by atoms with E-state index in [1.807, 2.05) is 12.1 Å². The normalized spacial score (nSPS) is 14.1. The Morgan fingerprint density at radius 2 is 2.04 bits per heavy atom. The fraction of sp³-hybridized carbons (Fsp3) is 0.167. The van der Waals surface area contributed by atoms with Crippen LogP contribution in [-0.2, 0) is 13.0 Å². The van der Waals surface area contributed by atoms with Gasteiger partial charge in [-0.3, -0.25) is 4.79 Å². The second-order valence-electron chi connectivity index (χ2n) is 5.73. The summed E-state index contributed by atoms with van der Waals surface area (Å²) in [6.07, 6.45) is 0.724. The first-order valence-corrected chi connectivity index (χ1v) is 7.84. The zero-order valence-corrected chi connectivity index (χ0v) is 13.0. The summed E-state index contributed by atoms with van der Waals surface area (Å²) in [5.41, 5.74) is 3.44. The van der Waals surface area contributed by atoms with Crippen molar-refractivity contribution >= 4 is 28.4 Å². The number of fused-ring (bicyclic) bond motifs is 3. The molecule has 0 bridgehead atoms. The summed E-state index contributed by atoms with van der Waals surface area (Å²) in [4.78, 5) is 17.8. The molecule has 0 radical (unpaired) electrons. The highest BCUT2D eigenvalue weighted by atomic mass is 35.5. The molecule has 1 aliphatic heterocycles. The number of aromatic nitrogens is 1. The maximum Gasteiger partial charge on any atom is 0.255 e. The van der Waals surface area contributed by atoms with E-state index in [2.05, 4.69) is 4.98 Å². The van der Waals surface area contributed by atoms with Crippen molar-refractivity contribution in [2.75, 3.05) is 6.54 Å². The number of carbonyl (C=O) groups is 1. The van der Waals surface area contributed by atoms with Crippen molar-refractivity contribution in [3.05, 3.63) is 70.1 Å². The molecule has 1 aliphatic rings. The van der Waals surface area contributed by atoms with Crippen LogP contribution in [-0.4, -0.2) is 22.3 Å². The molecule has 0 saturated heterocycles. The van der Waals surface area contributed by atoms with Gasteiger partial charge < -0.3 is 9.88 Å². The number of rotatable bonds is 1. The van der Waals surface area contributed by atoms with Gasteiger partial charge in [0.15, 0.2) is 0 Å². The largest absolute Gasteiger partial charge is 0.358 e. The molecule has 2 aromatic carbocycles. The topological polar surface area (TPSA) is 36.1 Å². The molecule has 0 atom stereocenters. The number of hydrogen-bond acceptors (Lipinski definition) is 1. The van der Waals surface area contributed by atoms with Gasteiger partial charge in [0.1, 0.15) is 5.82 Å². The standard InChI is InChI=1S/C18H14ClFN2O/c19-15-4-2-1-3-13(15)18(23)22-8-7-16-14(10-22)12-6-5-11(20)9-17(12)21-16/h1-6,9,21H,7-8,10H2. The fourth-order valence-electron chi connectivity index (χ4n) is 3.17. The minimum atomic E-state index is -0.264. The van der Waals surface area contributed by atoms with Gasteiger partial charge >= 0.3 is 0 Å². The summed E-state index contributed by atoms with van der Waals surface area (Å²) in [7, 11) is 0. The van der Waals surface area contributed by atoms with Gasteiger partial charge in [0, 0.05) is 41.7 Å². The van der Waals surface area contributed by atoms with E-state index in [1.54, 1.807) is 23.1 Å². The highest BCUT2D eigenvalue weighted by molar-refractivity contribution is 6.33. The summed E-state index contributed by atoms with van der Waals surface area (Å²) in [5.74, 6) is -0.335. The molecular weight excluding hydrogens is 315 g/mol. The Hall–Kier alpha value is -2.33. The predicted molar refractivity (Wildman–Crippen MR) is 88.2 cm³/mol. The monoisotopic (exact) mass is 328 g/mol. The quantitative estimate of drug-likeness (QED) is 0.715. The Morgan fingerprint density at radius 3 is 2.87 bits per heavy atom. The number of nitrogens with zero attached hydrogens (tertiary/aromatic N) is 1. The minimum Gasteiger partial charge on any atom is -0.358 e. The van der Waals surface area contributed by atoms with Crippen LogP contribution >= 0.6 is 11.6 Å². The van der Waals surface area contributed by atoms with E-state index in [0.29, 0.717) is 23.7 Å². The van der Waals surface area contributed by atoms with Crippen LogP contribution in [0.1, 0.15) is 21.6 Å². The lowest BCUT2D eigenvalue weighted by Crippen LogP contribution is -2.35. The molecule has 0 saturated carbocycles. The van der Waals surface area contributed by atoms with Gasteiger partial charge in [-0.05, 0) is 30.3 Å². The number of H-pyrrole nitrogens is 1. The zero-order chi connectivity index (χ0) is 16.0. The van der Waals surface area contributed by atoms with Crippen LogP contribution in [0, 0.1) is 5.82 Å². The number of nitrogens with one attached hydrogen (secondary N) is 1. The number of hydrogen-bond donors (Lipinski definition) is 1. The number of amides is 1. The van der Waals surface area contributed by atoms with E-state index in [0.717, 1.165) is 28.6 Å². The van der Waals surface area contributed by atoms with E-state index >= 15 is 0 Å². The van der Waals surface area contributed by atoms with Gasteiger partial charge in [-0.15, -0.1) is 0 Å². The summed E-state index contributed by atoms with van der Waals surface area (Å²) in [6, 6.07) is 11.8. The van der Waals surface area contributed by atoms with Crippen LogP contribution in [0.5, 0.6) is 0 Å². The van der Waals surface area contributed by atoms with E-state index in [1.165, 1.54) is 12.1 Å². The maximum atomic E-state index is 13.4. The molecule has 2 heterocycles. The van der Waals surface area contributed by atoms with Gasteiger partial charge in [-0.2, -0.15) is 0 Å². The summed E-state index contributed by atoms with van der Waals surface area (Å²) >= 11 is 6.13. The van der Waals surface area contributed by atoms with Crippen LogP contribution < -0.4 is 0 Å². The van der Waals surface area contributed by atoms with Crippen LogP contribution in [0.4, 0.5) is 4.39 Å². The average molecular weight is 329 g/mol. The second-order valence-corrected chi connectivity index (χ2v) is 6.14. The van der Waals surface area contributed by atoms with Crippen LogP contribution in [0.15, 0.2) is 42.5 Å². The van der Waals surface area contributed by atoms with Crippen molar-refractivity contribution < 1.29 is 9.18 Å². The highest BCUT2D eigenvalue weighted by Crippen LogP contribution is 2.29. The smallest absolute Gasteiger partial charge is 0.255 e. The van der Waals surface area contributed by atoms with Crippen molar-refractivity contribution in [2.24, 2.45) is 0 Å². The fourth-order valence-corrected chi connectivity index (χ4v) is 3.39. The van der Waals surface area contributed by atoms with Gasteiger partial charge in [0.25, 0.3) is 5.91 Å². The molecule has 1 N–H and O–H groups in total. The third-order valence-corrected chi connectivity index (χ3v) is 4.66. The molecule has 116 valence electrons. The molecule has 5 heteroatoms. The van der Waals surface area contributed by atoms with Crippen molar-refractivity contribution in [2.45, 2.75) is 13.0 Å². The molecule has 23 heavy (non-hydrogen) atoms. The first kappa shape index (κ1) is 14.3. The van der Waals surface area contributed by atoms with E-state index < -0.39 is 0 Å². The minimum absolute atomic E-state index is 0.0716. The van der Waals surface area contributed by atoms with Crippen molar-refractivity contribution in [1.29, 1.82) is 0 Å². The van der Waals surface area contributed by atoms with Gasteiger partial charge in [0.05, 0.1) is 10.6 Å². The molecule has 0 fully saturated rings. The molecule has 0 spiro atoms. The predicted octanol–water partition coefficient (Wildman–Crippen LogP) is 4.16. The van der Waals surface area contributed by atoms with E-state index in [9.17, 15) is 9.18 Å². The molecular formula is C18H14ClFN2O. The Bertz CT molecular complexity index is 919. The lowest BCUT2D eigenvalue weighted by Gasteiger charge is -2.27. The van der Waals surface area contributed by atoms with Crippen LogP contribution in [0.25, 0.3) is 10.9 Å². The van der Waals surface area contributed by atoms with Crippen molar-refractivity contribution in [3.63, 3.8) is 0 Å². The van der Waals surface area contributed by atoms with Crippen LogP contribution in [0.2, 0.25) is 5.02 Å². The highest BCUT2D eigenvalue weighted by Gasteiger charge is 2.25. The number of aromatic amines is 1. The summed E-state index contributed by atoms with van der Waals surface area (Å²) in [5, 5.41) is 1.43. The lowest BCUT2D eigenvalue weighted by molar-refractivity contribution is 0.0735. The first-order chi connectivity index (χ1) is 11.1. The molecule has 3 aromatic rings. The lowest BCUT2D eigenvalue weighted by atomic mass is 10.0. The molecule has 0 unspecified atom stereocenters. The Labute approximate surface area is 137 Å². The molecule has 3 nitrogen and oxygen atoms in total. The third-order valence-electron chi connectivity index (χ3n) is 4.33. The summed E-state index contributed by atoms with van der Waals surface area (Å²) < 4.78 is 13.4. The number of benzene rings is 2. The Balaban J connectivity index is 1.70.